The summed E-state index contributed by atoms with van der Waals surface area (Å²) in [5.74, 6) is 0.737. The predicted molar refractivity (Wildman–Crippen MR) is 82.8 cm³/mol. The van der Waals surface area contributed by atoms with Crippen LogP contribution in [0.3, 0.4) is 0 Å². The fourth-order valence-electron chi connectivity index (χ4n) is 1.72. The van der Waals surface area contributed by atoms with Gasteiger partial charge in [0.05, 0.1) is 23.3 Å². The molecule has 5 heteroatoms. The molecule has 1 aromatic rings. The van der Waals surface area contributed by atoms with Crippen molar-refractivity contribution >= 4 is 33.2 Å². The van der Waals surface area contributed by atoms with E-state index in [1.54, 1.807) is 13.2 Å². The summed E-state index contributed by atoms with van der Waals surface area (Å²) >= 11 is 9.47. The van der Waals surface area contributed by atoms with Gasteiger partial charge in [-0.05, 0) is 39.9 Å². The molecule has 0 fully saturated rings. The Morgan fingerprint density at radius 1 is 1.47 bits per heavy atom. The summed E-state index contributed by atoms with van der Waals surface area (Å²) in [7, 11) is 1.63. The zero-order valence-corrected chi connectivity index (χ0v) is 13.7. The third-order valence-electron chi connectivity index (χ3n) is 2.88. The lowest BCUT2D eigenvalue weighted by Gasteiger charge is -2.25. The van der Waals surface area contributed by atoms with E-state index in [9.17, 15) is 0 Å². The van der Waals surface area contributed by atoms with Gasteiger partial charge in [0.2, 0.25) is 0 Å². The van der Waals surface area contributed by atoms with Gasteiger partial charge in [-0.1, -0.05) is 25.4 Å². The first-order valence-corrected chi connectivity index (χ1v) is 7.20. The minimum Gasteiger partial charge on any atom is -0.493 e. The van der Waals surface area contributed by atoms with E-state index in [1.807, 2.05) is 6.07 Å². The summed E-state index contributed by atoms with van der Waals surface area (Å²) in [4.78, 5) is 0. The summed E-state index contributed by atoms with van der Waals surface area (Å²) in [5.41, 5.74) is 0.891. The van der Waals surface area contributed by atoms with Crippen molar-refractivity contribution in [3.05, 3.63) is 21.6 Å². The van der Waals surface area contributed by atoms with Gasteiger partial charge >= 0.3 is 0 Å². The fourth-order valence-corrected chi connectivity index (χ4v) is 2.69. The van der Waals surface area contributed by atoms with Crippen LogP contribution in [0, 0.1) is 16.7 Å². The van der Waals surface area contributed by atoms with Crippen LogP contribution in [-0.2, 0) is 0 Å². The standard InChI is InChI=1S/C14H18BrClN2O/c1-14(2,5-4-6-17)9-18-12-8-10(16)7-11(15)13(12)19-3/h7-8,18H,4-5,9H2,1-3H3. The third kappa shape index (κ3) is 4.93. The van der Waals surface area contributed by atoms with Crippen LogP contribution in [0.4, 0.5) is 5.69 Å². The lowest BCUT2D eigenvalue weighted by molar-refractivity contribution is 0.362. The maximum Gasteiger partial charge on any atom is 0.156 e. The fraction of sp³-hybridized carbons (Fsp3) is 0.500. The van der Waals surface area contributed by atoms with Crippen LogP contribution >= 0.6 is 27.5 Å². The van der Waals surface area contributed by atoms with Crippen LogP contribution in [-0.4, -0.2) is 13.7 Å². The number of nitrogens with zero attached hydrogens (tertiary/aromatic N) is 1. The molecule has 0 spiro atoms. The molecular weight excluding hydrogens is 328 g/mol. The first-order valence-electron chi connectivity index (χ1n) is 6.03. The summed E-state index contributed by atoms with van der Waals surface area (Å²) in [5, 5.41) is 12.6. The molecule has 0 aliphatic rings. The highest BCUT2D eigenvalue weighted by molar-refractivity contribution is 9.10. The number of anilines is 1. The molecule has 19 heavy (non-hydrogen) atoms. The summed E-state index contributed by atoms with van der Waals surface area (Å²) in [6.45, 7) is 5.00. The van der Waals surface area contributed by atoms with Crippen LogP contribution in [0.1, 0.15) is 26.7 Å². The second-order valence-electron chi connectivity index (χ2n) is 5.14. The van der Waals surface area contributed by atoms with E-state index in [4.69, 9.17) is 21.6 Å². The third-order valence-corrected chi connectivity index (χ3v) is 3.69. The van der Waals surface area contributed by atoms with Gasteiger partial charge in [-0.2, -0.15) is 5.26 Å². The molecule has 0 saturated heterocycles. The maximum absolute atomic E-state index is 8.66. The molecule has 0 aromatic heterocycles. The van der Waals surface area contributed by atoms with Gasteiger partial charge in [0.15, 0.2) is 5.75 Å². The summed E-state index contributed by atoms with van der Waals surface area (Å²) in [6, 6.07) is 5.82. The molecule has 0 saturated carbocycles. The van der Waals surface area contributed by atoms with E-state index in [1.165, 1.54) is 0 Å². The van der Waals surface area contributed by atoms with Crippen LogP contribution in [0.5, 0.6) is 5.75 Å². The summed E-state index contributed by atoms with van der Waals surface area (Å²) in [6.07, 6.45) is 1.41. The van der Waals surface area contributed by atoms with Gasteiger partial charge in [-0.15, -0.1) is 0 Å². The Morgan fingerprint density at radius 3 is 2.74 bits per heavy atom. The molecule has 1 N–H and O–H groups in total. The molecule has 0 radical (unpaired) electrons. The smallest absolute Gasteiger partial charge is 0.156 e. The number of rotatable bonds is 6. The molecule has 1 rings (SSSR count). The molecule has 0 bridgehead atoms. The van der Waals surface area contributed by atoms with Crippen molar-refractivity contribution in [2.45, 2.75) is 26.7 Å². The van der Waals surface area contributed by atoms with Crippen LogP contribution < -0.4 is 10.1 Å². The summed E-state index contributed by atoms with van der Waals surface area (Å²) < 4.78 is 6.18. The van der Waals surface area contributed by atoms with E-state index in [0.717, 1.165) is 28.9 Å². The highest BCUT2D eigenvalue weighted by Gasteiger charge is 2.18. The number of nitrogens with one attached hydrogen (secondary N) is 1. The molecule has 0 aliphatic carbocycles. The number of ether oxygens (including phenoxy) is 1. The number of hydrogen-bond donors (Lipinski definition) is 1. The van der Waals surface area contributed by atoms with Crippen LogP contribution in [0.15, 0.2) is 16.6 Å². The maximum atomic E-state index is 8.66. The first kappa shape index (κ1) is 16.1. The van der Waals surface area contributed by atoms with Crippen molar-refractivity contribution in [1.82, 2.24) is 0 Å². The molecule has 0 heterocycles. The van der Waals surface area contributed by atoms with E-state index in [0.29, 0.717) is 11.4 Å². The highest BCUT2D eigenvalue weighted by atomic mass is 79.9. The Balaban J connectivity index is 2.80. The lowest BCUT2D eigenvalue weighted by Crippen LogP contribution is -2.23. The first-order chi connectivity index (χ1) is 8.89. The predicted octanol–water partition coefficient (Wildman–Crippen LogP) is 4.85. The number of benzene rings is 1. The zero-order valence-electron chi connectivity index (χ0n) is 11.4. The number of halogens is 2. The topological polar surface area (TPSA) is 45.0 Å². The molecule has 1 aromatic carbocycles. The second-order valence-corrected chi connectivity index (χ2v) is 6.44. The van der Waals surface area contributed by atoms with Crippen molar-refractivity contribution < 1.29 is 4.74 Å². The van der Waals surface area contributed by atoms with Gasteiger partial charge < -0.3 is 10.1 Å². The Morgan fingerprint density at radius 2 is 2.16 bits per heavy atom. The number of methoxy groups -OCH3 is 1. The average molecular weight is 346 g/mol. The molecule has 0 atom stereocenters. The van der Waals surface area contributed by atoms with E-state index in [2.05, 4.69) is 41.2 Å². The van der Waals surface area contributed by atoms with Gasteiger partial charge in [0, 0.05) is 18.0 Å². The monoisotopic (exact) mass is 344 g/mol. The van der Waals surface area contributed by atoms with Gasteiger partial charge in [0.1, 0.15) is 0 Å². The van der Waals surface area contributed by atoms with Gasteiger partial charge in [-0.25, -0.2) is 0 Å². The van der Waals surface area contributed by atoms with Crippen molar-refractivity contribution in [3.8, 4) is 11.8 Å². The van der Waals surface area contributed by atoms with Crippen LogP contribution in [0.2, 0.25) is 5.02 Å². The average Bonchev–Trinajstić information content (AvgIpc) is 2.33. The molecule has 104 valence electrons. The molecule has 0 aliphatic heterocycles. The van der Waals surface area contributed by atoms with Gasteiger partial charge in [0.25, 0.3) is 0 Å². The Kier molecular flexibility index (Phi) is 5.96. The minimum atomic E-state index is 0.0372. The van der Waals surface area contributed by atoms with Crippen LogP contribution in [0.25, 0.3) is 0 Å². The molecule has 0 unspecified atom stereocenters. The van der Waals surface area contributed by atoms with E-state index in [-0.39, 0.29) is 5.41 Å². The lowest BCUT2D eigenvalue weighted by atomic mass is 9.88. The number of nitriles is 1. The zero-order chi connectivity index (χ0) is 14.5. The van der Waals surface area contributed by atoms with Crippen molar-refractivity contribution in [3.63, 3.8) is 0 Å². The molecule has 0 amide bonds. The largest absolute Gasteiger partial charge is 0.493 e. The van der Waals surface area contributed by atoms with Gasteiger partial charge in [-0.3, -0.25) is 0 Å². The van der Waals surface area contributed by atoms with E-state index < -0.39 is 0 Å². The molecular formula is C14H18BrClN2O. The quantitative estimate of drug-likeness (QED) is 0.801. The Hall–Kier alpha value is -0.920. The second kappa shape index (κ2) is 7.02. The van der Waals surface area contributed by atoms with Crippen molar-refractivity contribution in [1.29, 1.82) is 5.26 Å². The normalized spacial score (nSPS) is 10.9. The van der Waals surface area contributed by atoms with E-state index >= 15 is 0 Å². The minimum absolute atomic E-state index is 0.0372. The van der Waals surface area contributed by atoms with Crippen molar-refractivity contribution in [2.24, 2.45) is 5.41 Å². The Bertz CT molecular complexity index is 483. The SMILES string of the molecule is COc1c(Br)cc(Cl)cc1NCC(C)(C)CCC#N. The highest BCUT2D eigenvalue weighted by Crippen LogP contribution is 2.37. The Labute approximate surface area is 128 Å². The van der Waals surface area contributed by atoms with Crippen molar-refractivity contribution in [2.75, 3.05) is 19.0 Å². The number of hydrogen-bond acceptors (Lipinski definition) is 3. The molecule has 3 nitrogen and oxygen atoms in total.